The molecule has 0 radical (unpaired) electrons. The van der Waals surface area contributed by atoms with E-state index in [0.717, 1.165) is 12.0 Å². The lowest BCUT2D eigenvalue weighted by Gasteiger charge is -2.17. The monoisotopic (exact) mass is 272 g/mol. The molecule has 0 fully saturated rings. The highest BCUT2D eigenvalue weighted by Gasteiger charge is 2.17. The van der Waals surface area contributed by atoms with Gasteiger partial charge in [0.25, 0.3) is 0 Å². The molecule has 3 heteroatoms. The Hall–Kier alpha value is -1.68. The minimum atomic E-state index is -0.951. The van der Waals surface area contributed by atoms with Crippen molar-refractivity contribution in [3.63, 3.8) is 0 Å². The van der Waals surface area contributed by atoms with E-state index in [1.807, 2.05) is 42.5 Å². The molecule has 0 bridgehead atoms. The first-order valence-electron chi connectivity index (χ1n) is 6.80. The Bertz CT molecular complexity index is 508. The molecular formula is C17H20O3. The van der Waals surface area contributed by atoms with Crippen LogP contribution in [0.2, 0.25) is 0 Å². The maximum atomic E-state index is 9.94. The Morgan fingerprint density at radius 1 is 0.800 bits per heavy atom. The summed E-state index contributed by atoms with van der Waals surface area (Å²) in [6.07, 6.45) is -0.864. The molecule has 3 N–H and O–H groups in total. The van der Waals surface area contributed by atoms with Crippen LogP contribution in [0, 0.1) is 0 Å². The summed E-state index contributed by atoms with van der Waals surface area (Å²) in [6, 6.07) is 17.7. The van der Waals surface area contributed by atoms with Crippen LogP contribution in [-0.4, -0.2) is 28.0 Å². The van der Waals surface area contributed by atoms with Gasteiger partial charge in [-0.1, -0.05) is 54.6 Å². The molecule has 2 atom stereocenters. The van der Waals surface area contributed by atoms with Crippen LogP contribution in [0.15, 0.2) is 54.6 Å². The molecule has 2 unspecified atom stereocenters. The van der Waals surface area contributed by atoms with E-state index < -0.39 is 12.2 Å². The summed E-state index contributed by atoms with van der Waals surface area (Å²) in [5.41, 5.74) is 3.06. The summed E-state index contributed by atoms with van der Waals surface area (Å²) in [5, 5.41) is 28.4. The molecule has 0 saturated carbocycles. The minimum Gasteiger partial charge on any atom is -0.396 e. The molecule has 2 aromatic carbocycles. The molecule has 2 rings (SSSR count). The van der Waals surface area contributed by atoms with Gasteiger partial charge >= 0.3 is 0 Å². The van der Waals surface area contributed by atoms with Gasteiger partial charge in [-0.25, -0.2) is 0 Å². The van der Waals surface area contributed by atoms with E-state index in [-0.39, 0.29) is 13.0 Å². The number of hydrogen-bond acceptors (Lipinski definition) is 3. The van der Waals surface area contributed by atoms with Crippen LogP contribution in [0.25, 0.3) is 0 Å². The number of aliphatic hydroxyl groups is 3. The Morgan fingerprint density at radius 2 is 1.40 bits per heavy atom. The highest BCUT2D eigenvalue weighted by Crippen LogP contribution is 2.20. The van der Waals surface area contributed by atoms with E-state index in [1.165, 1.54) is 5.56 Å². The quantitative estimate of drug-likeness (QED) is 0.754. The van der Waals surface area contributed by atoms with Crippen LogP contribution in [0.4, 0.5) is 0 Å². The molecule has 0 aromatic heterocycles. The van der Waals surface area contributed by atoms with Crippen molar-refractivity contribution < 1.29 is 15.3 Å². The van der Waals surface area contributed by atoms with E-state index >= 15 is 0 Å². The van der Waals surface area contributed by atoms with Gasteiger partial charge in [-0.3, -0.25) is 0 Å². The Kier molecular flexibility index (Phi) is 5.30. The van der Waals surface area contributed by atoms with Crippen molar-refractivity contribution in [2.75, 3.05) is 6.61 Å². The van der Waals surface area contributed by atoms with Crippen LogP contribution in [0.3, 0.4) is 0 Å². The van der Waals surface area contributed by atoms with Gasteiger partial charge in [0, 0.05) is 6.61 Å². The summed E-state index contributed by atoms with van der Waals surface area (Å²) < 4.78 is 0. The van der Waals surface area contributed by atoms with Crippen LogP contribution in [0.5, 0.6) is 0 Å². The number of benzene rings is 2. The highest BCUT2D eigenvalue weighted by molar-refractivity contribution is 5.29. The predicted molar refractivity (Wildman–Crippen MR) is 78.4 cm³/mol. The van der Waals surface area contributed by atoms with Gasteiger partial charge in [-0.2, -0.15) is 0 Å². The van der Waals surface area contributed by atoms with Gasteiger partial charge < -0.3 is 15.3 Å². The third-order valence-electron chi connectivity index (χ3n) is 3.36. The van der Waals surface area contributed by atoms with Crippen LogP contribution < -0.4 is 0 Å². The Balaban J connectivity index is 2.03. The fraction of sp³-hybridized carbons (Fsp3) is 0.294. The normalized spacial score (nSPS) is 13.9. The predicted octanol–water partition coefficient (Wildman–Crippen LogP) is 2.05. The number of hydrogen-bond donors (Lipinski definition) is 3. The van der Waals surface area contributed by atoms with Crippen LogP contribution in [0.1, 0.15) is 29.2 Å². The van der Waals surface area contributed by atoms with Crippen molar-refractivity contribution in [2.45, 2.75) is 25.0 Å². The fourth-order valence-electron chi connectivity index (χ4n) is 2.18. The second kappa shape index (κ2) is 7.20. The summed E-state index contributed by atoms with van der Waals surface area (Å²) in [6.45, 7) is -0.135. The lowest BCUT2D eigenvalue weighted by atomic mass is 9.99. The van der Waals surface area contributed by atoms with Crippen molar-refractivity contribution in [1.82, 2.24) is 0 Å². The summed E-state index contributed by atoms with van der Waals surface area (Å²) >= 11 is 0. The summed E-state index contributed by atoms with van der Waals surface area (Å²) in [5.74, 6) is 0. The average molecular weight is 272 g/mol. The second-order valence-corrected chi connectivity index (χ2v) is 4.93. The zero-order valence-corrected chi connectivity index (χ0v) is 11.3. The molecule has 20 heavy (non-hydrogen) atoms. The second-order valence-electron chi connectivity index (χ2n) is 4.93. The topological polar surface area (TPSA) is 60.7 Å². The lowest BCUT2D eigenvalue weighted by molar-refractivity contribution is 0.00421. The molecule has 0 heterocycles. The maximum absolute atomic E-state index is 9.94. The van der Waals surface area contributed by atoms with Crippen molar-refractivity contribution in [3.05, 3.63) is 71.3 Å². The summed E-state index contributed by atoms with van der Waals surface area (Å²) in [4.78, 5) is 0. The third kappa shape index (κ3) is 3.90. The molecule has 0 aliphatic rings. The minimum absolute atomic E-state index is 0.135. The van der Waals surface area contributed by atoms with Crippen molar-refractivity contribution >= 4 is 0 Å². The van der Waals surface area contributed by atoms with Gasteiger partial charge in [-0.05, 0) is 29.5 Å². The molecule has 0 aliphatic heterocycles. The van der Waals surface area contributed by atoms with Gasteiger partial charge in [0.2, 0.25) is 0 Å². The molecule has 3 nitrogen and oxygen atoms in total. The molecule has 0 amide bonds. The van der Waals surface area contributed by atoms with Gasteiger partial charge in [0.15, 0.2) is 0 Å². The first kappa shape index (κ1) is 14.7. The van der Waals surface area contributed by atoms with Gasteiger partial charge in [0.05, 0.1) is 6.10 Å². The zero-order valence-electron chi connectivity index (χ0n) is 11.3. The average Bonchev–Trinajstić information content (AvgIpc) is 2.48. The first-order chi connectivity index (χ1) is 9.70. The van der Waals surface area contributed by atoms with Crippen molar-refractivity contribution in [1.29, 1.82) is 0 Å². The summed E-state index contributed by atoms with van der Waals surface area (Å²) in [7, 11) is 0. The SMILES string of the molecule is OCCC(O)C(O)c1ccc(Cc2ccccc2)cc1. The number of aliphatic hydroxyl groups excluding tert-OH is 3. The molecule has 2 aromatic rings. The van der Waals surface area contributed by atoms with E-state index in [2.05, 4.69) is 12.1 Å². The first-order valence-corrected chi connectivity index (χ1v) is 6.80. The van der Waals surface area contributed by atoms with Crippen LogP contribution in [-0.2, 0) is 6.42 Å². The van der Waals surface area contributed by atoms with E-state index in [1.54, 1.807) is 0 Å². The standard InChI is InChI=1S/C17H20O3/c18-11-10-16(19)17(20)15-8-6-14(7-9-15)12-13-4-2-1-3-5-13/h1-9,16-20H,10-12H2. The third-order valence-corrected chi connectivity index (χ3v) is 3.36. The van der Waals surface area contributed by atoms with E-state index in [4.69, 9.17) is 5.11 Å². The highest BCUT2D eigenvalue weighted by atomic mass is 16.3. The van der Waals surface area contributed by atoms with Crippen LogP contribution >= 0.6 is 0 Å². The largest absolute Gasteiger partial charge is 0.396 e. The molecule has 0 spiro atoms. The Morgan fingerprint density at radius 3 is 2.00 bits per heavy atom. The molecule has 106 valence electrons. The van der Waals surface area contributed by atoms with Crippen molar-refractivity contribution in [3.8, 4) is 0 Å². The molecule has 0 aliphatic carbocycles. The van der Waals surface area contributed by atoms with Crippen molar-refractivity contribution in [2.24, 2.45) is 0 Å². The fourth-order valence-corrected chi connectivity index (χ4v) is 2.18. The van der Waals surface area contributed by atoms with E-state index in [0.29, 0.717) is 5.56 Å². The molecular weight excluding hydrogens is 252 g/mol. The number of rotatable bonds is 6. The van der Waals surface area contributed by atoms with Gasteiger partial charge in [0.1, 0.15) is 6.10 Å². The zero-order chi connectivity index (χ0) is 14.4. The van der Waals surface area contributed by atoms with Gasteiger partial charge in [-0.15, -0.1) is 0 Å². The molecule has 0 saturated heterocycles. The Labute approximate surface area is 119 Å². The van der Waals surface area contributed by atoms with E-state index in [9.17, 15) is 10.2 Å². The maximum Gasteiger partial charge on any atom is 0.105 e. The lowest BCUT2D eigenvalue weighted by Crippen LogP contribution is -2.19. The smallest absolute Gasteiger partial charge is 0.105 e.